The first-order chi connectivity index (χ1) is 19.6. The lowest BCUT2D eigenvalue weighted by Crippen LogP contribution is -2.47. The number of aliphatic hydroxyl groups is 2. The molecule has 0 rings (SSSR count). The summed E-state index contributed by atoms with van der Waals surface area (Å²) in [5.74, 6) is 0.906. The third-order valence-electron chi connectivity index (χ3n) is 8.15. The van der Waals surface area contributed by atoms with Crippen LogP contribution in [-0.4, -0.2) is 48.9 Å². The van der Waals surface area contributed by atoms with E-state index in [9.17, 15) is 23.8 Å². The van der Waals surface area contributed by atoms with Crippen molar-refractivity contribution in [1.29, 1.82) is 0 Å². The Labute approximate surface area is 256 Å². The molecule has 0 aliphatic carbocycles. The molecule has 4 atom stereocenters. The Balaban J connectivity index is 3.95. The number of nitrogens with one attached hydrogen (secondary N) is 1. The molecule has 0 radical (unpaired) electrons. The summed E-state index contributed by atoms with van der Waals surface area (Å²) >= 11 is -2.36. The summed E-state index contributed by atoms with van der Waals surface area (Å²) in [6.45, 7) is 9.12. The van der Waals surface area contributed by atoms with Gasteiger partial charge in [-0.25, -0.2) is 0 Å². The summed E-state index contributed by atoms with van der Waals surface area (Å²) < 4.78 is 22.6. The van der Waals surface area contributed by atoms with Crippen LogP contribution in [0, 0.1) is 11.8 Å². The molecule has 3 N–H and O–H groups in total. The van der Waals surface area contributed by atoms with Crippen LogP contribution in [0.4, 0.5) is 0 Å². The SMILES string of the molecule is CC(C)CCCCCCCCCCC[C@@H](O)CC(=O)N[C@@H](CS(=O)[O-])[C@H](O)CCCCCCCCCCCC(C)C. The molecule has 0 saturated heterocycles. The predicted octanol–water partition coefficient (Wildman–Crippen LogP) is 8.36. The average Bonchev–Trinajstić information content (AvgIpc) is 2.89. The minimum atomic E-state index is -2.36. The molecular weight excluding hydrogens is 534 g/mol. The zero-order valence-electron chi connectivity index (χ0n) is 27.4. The predicted molar refractivity (Wildman–Crippen MR) is 174 cm³/mol. The van der Waals surface area contributed by atoms with Gasteiger partial charge in [-0.3, -0.25) is 9.00 Å². The maximum Gasteiger partial charge on any atom is 0.222 e. The van der Waals surface area contributed by atoms with E-state index in [0.29, 0.717) is 12.8 Å². The van der Waals surface area contributed by atoms with Gasteiger partial charge in [-0.05, 0) is 24.7 Å². The summed E-state index contributed by atoms with van der Waals surface area (Å²) in [6.07, 6.45) is 23.6. The number of unbranched alkanes of at least 4 members (excludes halogenated alkanes) is 16. The van der Waals surface area contributed by atoms with E-state index in [2.05, 4.69) is 33.0 Å². The normalized spacial score (nSPS) is 14.9. The minimum Gasteiger partial charge on any atom is -0.772 e. The number of rotatable bonds is 30. The molecule has 0 aromatic heterocycles. The van der Waals surface area contributed by atoms with E-state index < -0.39 is 35.2 Å². The third kappa shape index (κ3) is 29.4. The highest BCUT2D eigenvalue weighted by Gasteiger charge is 2.22. The summed E-state index contributed by atoms with van der Waals surface area (Å²) in [6, 6.07) is -0.829. The van der Waals surface area contributed by atoms with Crippen LogP contribution in [0.25, 0.3) is 0 Å². The van der Waals surface area contributed by atoms with E-state index >= 15 is 0 Å². The molecule has 7 heteroatoms. The Bertz CT molecular complexity index is 616. The van der Waals surface area contributed by atoms with E-state index in [0.717, 1.165) is 50.4 Å². The van der Waals surface area contributed by atoms with Gasteiger partial charge in [-0.2, -0.15) is 0 Å². The fourth-order valence-electron chi connectivity index (χ4n) is 5.49. The summed E-state index contributed by atoms with van der Waals surface area (Å²) in [5.41, 5.74) is 0. The maximum atomic E-state index is 12.5. The number of carbonyl (C=O) groups is 1. The van der Waals surface area contributed by atoms with Gasteiger partial charge in [0.25, 0.3) is 0 Å². The lowest BCUT2D eigenvalue weighted by Gasteiger charge is -2.25. The maximum absolute atomic E-state index is 12.5. The first kappa shape index (κ1) is 40.5. The summed E-state index contributed by atoms with van der Waals surface area (Å²) in [7, 11) is 0. The fourth-order valence-corrected chi connectivity index (χ4v) is 6.09. The van der Waals surface area contributed by atoms with E-state index in [4.69, 9.17) is 0 Å². The molecule has 246 valence electrons. The van der Waals surface area contributed by atoms with E-state index in [1.165, 1.54) is 89.9 Å². The first-order valence-electron chi connectivity index (χ1n) is 17.3. The van der Waals surface area contributed by atoms with Crippen LogP contribution in [0.15, 0.2) is 0 Å². The molecule has 6 nitrogen and oxygen atoms in total. The van der Waals surface area contributed by atoms with Gasteiger partial charge in [-0.1, -0.05) is 167 Å². The van der Waals surface area contributed by atoms with Crippen molar-refractivity contribution in [2.24, 2.45) is 11.8 Å². The standard InChI is InChI=1S/C34H69NO5S/c1-29(2)23-19-15-11-7-5-9-13-17-21-25-31(36)27-34(38)35-32(28-41(39)40)33(37)26-22-18-14-10-6-8-12-16-20-24-30(3)4/h29-33,36-37H,5-28H2,1-4H3,(H,35,38)(H,39,40)/p-1/t31-,32+,33-/m1/s1. The second-order valence-corrected chi connectivity index (χ2v) is 14.3. The fraction of sp³-hybridized carbons (Fsp3) is 0.971. The van der Waals surface area contributed by atoms with Gasteiger partial charge < -0.3 is 20.1 Å². The largest absolute Gasteiger partial charge is 0.772 e. The molecule has 0 aromatic carbocycles. The molecule has 0 heterocycles. The van der Waals surface area contributed by atoms with Gasteiger partial charge in [-0.15, -0.1) is 0 Å². The Kier molecular flexibility index (Phi) is 27.9. The van der Waals surface area contributed by atoms with Crippen molar-refractivity contribution in [3.8, 4) is 0 Å². The van der Waals surface area contributed by atoms with Crippen molar-refractivity contribution in [2.75, 3.05) is 5.75 Å². The molecule has 0 aliphatic heterocycles. The molecule has 0 aliphatic rings. The lowest BCUT2D eigenvalue weighted by atomic mass is 10.0. The molecule has 0 saturated carbocycles. The van der Waals surface area contributed by atoms with Gasteiger partial charge in [0.1, 0.15) is 0 Å². The second-order valence-electron chi connectivity index (χ2n) is 13.4. The van der Waals surface area contributed by atoms with Crippen molar-refractivity contribution in [1.82, 2.24) is 5.32 Å². The van der Waals surface area contributed by atoms with Gasteiger partial charge in [0, 0.05) is 5.75 Å². The lowest BCUT2D eigenvalue weighted by molar-refractivity contribution is -0.124. The minimum absolute atomic E-state index is 0.0530. The quantitative estimate of drug-likeness (QED) is 0.0565. The van der Waals surface area contributed by atoms with Crippen LogP contribution >= 0.6 is 0 Å². The first-order valence-corrected chi connectivity index (χ1v) is 18.6. The van der Waals surface area contributed by atoms with Crippen LogP contribution in [0.1, 0.15) is 175 Å². The molecular formula is C34H68NO5S-. The monoisotopic (exact) mass is 602 g/mol. The van der Waals surface area contributed by atoms with Crippen LogP contribution < -0.4 is 5.32 Å². The average molecular weight is 603 g/mol. The van der Waals surface area contributed by atoms with Gasteiger partial charge in [0.05, 0.1) is 24.7 Å². The highest BCUT2D eigenvalue weighted by atomic mass is 32.2. The molecule has 1 unspecified atom stereocenters. The molecule has 41 heavy (non-hydrogen) atoms. The number of carbonyl (C=O) groups excluding carboxylic acids is 1. The van der Waals surface area contributed by atoms with Crippen LogP contribution in [0.3, 0.4) is 0 Å². The zero-order valence-corrected chi connectivity index (χ0v) is 28.2. The highest BCUT2D eigenvalue weighted by molar-refractivity contribution is 7.79. The van der Waals surface area contributed by atoms with Crippen molar-refractivity contribution >= 4 is 17.0 Å². The van der Waals surface area contributed by atoms with Crippen molar-refractivity contribution in [3.05, 3.63) is 0 Å². The Morgan fingerprint density at radius 2 is 0.951 bits per heavy atom. The topological polar surface area (TPSA) is 110 Å². The molecule has 1 amide bonds. The van der Waals surface area contributed by atoms with Crippen molar-refractivity contribution in [2.45, 2.75) is 194 Å². The Morgan fingerprint density at radius 1 is 0.610 bits per heavy atom. The van der Waals surface area contributed by atoms with Gasteiger partial charge >= 0.3 is 0 Å². The number of amides is 1. The summed E-state index contributed by atoms with van der Waals surface area (Å²) in [5, 5.41) is 23.5. The molecule has 0 bridgehead atoms. The second kappa shape index (κ2) is 28.3. The molecule has 0 spiro atoms. The van der Waals surface area contributed by atoms with Crippen molar-refractivity contribution in [3.63, 3.8) is 0 Å². The van der Waals surface area contributed by atoms with Gasteiger partial charge in [0.15, 0.2) is 0 Å². The molecule has 0 aromatic rings. The van der Waals surface area contributed by atoms with E-state index in [-0.39, 0.29) is 12.2 Å². The van der Waals surface area contributed by atoms with Crippen LogP contribution in [0.5, 0.6) is 0 Å². The third-order valence-corrected chi connectivity index (χ3v) is 8.78. The Morgan fingerprint density at radius 3 is 1.32 bits per heavy atom. The van der Waals surface area contributed by atoms with E-state index in [1.807, 2.05) is 0 Å². The van der Waals surface area contributed by atoms with Crippen molar-refractivity contribution < 1.29 is 23.8 Å². The van der Waals surface area contributed by atoms with Crippen LogP contribution in [-0.2, 0) is 15.9 Å². The van der Waals surface area contributed by atoms with Crippen LogP contribution in [0.2, 0.25) is 0 Å². The summed E-state index contributed by atoms with van der Waals surface area (Å²) in [4.78, 5) is 12.5. The molecule has 0 fully saturated rings. The Hall–Kier alpha value is -0.500. The number of hydrogen-bond acceptors (Lipinski definition) is 5. The number of hydrogen-bond donors (Lipinski definition) is 3. The van der Waals surface area contributed by atoms with E-state index in [1.54, 1.807) is 0 Å². The smallest absolute Gasteiger partial charge is 0.222 e. The number of aliphatic hydroxyl groups excluding tert-OH is 2. The van der Waals surface area contributed by atoms with Gasteiger partial charge in [0.2, 0.25) is 5.91 Å². The highest BCUT2D eigenvalue weighted by Crippen LogP contribution is 2.16. The zero-order chi connectivity index (χ0) is 30.7.